The van der Waals surface area contributed by atoms with Crippen molar-refractivity contribution in [3.05, 3.63) is 0 Å². The fourth-order valence-electron chi connectivity index (χ4n) is 3.76. The zero-order valence-corrected chi connectivity index (χ0v) is 25.0. The molecule has 0 fully saturated rings. The summed E-state index contributed by atoms with van der Waals surface area (Å²) in [4.78, 5) is 23.3. The summed E-state index contributed by atoms with van der Waals surface area (Å²) in [5.41, 5.74) is -0.506. The molecule has 0 aromatic heterocycles. The Morgan fingerprint density at radius 1 is 0.500 bits per heavy atom. The molecule has 0 unspecified atom stereocenters. The number of carbonyl (C=O) groups is 2. The number of esters is 2. The van der Waals surface area contributed by atoms with Crippen molar-refractivity contribution < 1.29 is 38.0 Å². The molecular weight excluding hydrogens is 488 g/mol. The molecule has 0 N–H and O–H groups in total. The van der Waals surface area contributed by atoms with E-state index in [4.69, 9.17) is 28.4 Å². The second kappa shape index (κ2) is 27.4. The fraction of sp³-hybridized carbons (Fsp3) is 0.933. The minimum atomic E-state index is -0.506. The standard InChI is InChI=1S/C30H58O8/c1-5-6-7-8-9-10-11-12-13-14-15-16-17-18-28(31)37-26-25-35-22-21-33-19-20-34-23-24-36-27-29(32)38-30(2,3)4/h5-27H2,1-4H3. The van der Waals surface area contributed by atoms with Gasteiger partial charge >= 0.3 is 11.9 Å². The first-order valence-corrected chi connectivity index (χ1v) is 15.0. The maximum Gasteiger partial charge on any atom is 0.332 e. The average Bonchev–Trinajstić information content (AvgIpc) is 2.86. The van der Waals surface area contributed by atoms with E-state index in [2.05, 4.69) is 6.92 Å². The van der Waals surface area contributed by atoms with Crippen LogP contribution in [0.1, 0.15) is 118 Å². The van der Waals surface area contributed by atoms with E-state index in [9.17, 15) is 9.59 Å². The molecule has 0 saturated carbocycles. The lowest BCUT2D eigenvalue weighted by Gasteiger charge is -2.19. The normalized spacial score (nSPS) is 11.6. The molecule has 0 atom stereocenters. The van der Waals surface area contributed by atoms with Gasteiger partial charge in [0.2, 0.25) is 0 Å². The van der Waals surface area contributed by atoms with Gasteiger partial charge in [-0.2, -0.15) is 0 Å². The van der Waals surface area contributed by atoms with Gasteiger partial charge in [0, 0.05) is 6.42 Å². The third-order valence-electron chi connectivity index (χ3n) is 5.73. The molecule has 0 aliphatic carbocycles. The fourth-order valence-corrected chi connectivity index (χ4v) is 3.76. The first-order chi connectivity index (χ1) is 18.3. The summed E-state index contributed by atoms with van der Waals surface area (Å²) in [6.45, 7) is 10.8. The van der Waals surface area contributed by atoms with Gasteiger partial charge in [-0.25, -0.2) is 4.79 Å². The van der Waals surface area contributed by atoms with Crippen LogP contribution in [-0.2, 0) is 38.0 Å². The molecule has 0 saturated heterocycles. The average molecular weight is 547 g/mol. The Morgan fingerprint density at radius 2 is 0.895 bits per heavy atom. The second-order valence-electron chi connectivity index (χ2n) is 10.7. The Bertz CT molecular complexity index is 533. The predicted molar refractivity (Wildman–Crippen MR) is 150 cm³/mol. The Kier molecular flexibility index (Phi) is 26.5. The molecule has 226 valence electrons. The Labute approximate surface area is 232 Å². The van der Waals surface area contributed by atoms with Crippen LogP contribution in [0.15, 0.2) is 0 Å². The van der Waals surface area contributed by atoms with E-state index in [0.717, 1.165) is 12.8 Å². The number of hydrogen-bond donors (Lipinski definition) is 0. The van der Waals surface area contributed by atoms with Crippen LogP contribution in [0.25, 0.3) is 0 Å². The van der Waals surface area contributed by atoms with Crippen molar-refractivity contribution >= 4 is 11.9 Å². The van der Waals surface area contributed by atoms with E-state index in [0.29, 0.717) is 52.7 Å². The van der Waals surface area contributed by atoms with Gasteiger partial charge in [0.25, 0.3) is 0 Å². The van der Waals surface area contributed by atoms with E-state index >= 15 is 0 Å². The highest BCUT2D eigenvalue weighted by molar-refractivity contribution is 5.71. The number of unbranched alkanes of at least 4 members (excludes halogenated alkanes) is 12. The lowest BCUT2D eigenvalue weighted by molar-refractivity contribution is -0.160. The van der Waals surface area contributed by atoms with Gasteiger partial charge in [-0.3, -0.25) is 4.79 Å². The van der Waals surface area contributed by atoms with Crippen molar-refractivity contribution in [1.82, 2.24) is 0 Å². The van der Waals surface area contributed by atoms with Gasteiger partial charge in [0.05, 0.1) is 46.2 Å². The van der Waals surface area contributed by atoms with Crippen molar-refractivity contribution in [3.8, 4) is 0 Å². The summed E-state index contributed by atoms with van der Waals surface area (Å²) in [6, 6.07) is 0. The van der Waals surface area contributed by atoms with Crippen LogP contribution in [0.4, 0.5) is 0 Å². The molecule has 0 amide bonds. The summed E-state index contributed by atoms with van der Waals surface area (Å²) >= 11 is 0. The zero-order chi connectivity index (χ0) is 28.2. The van der Waals surface area contributed by atoms with Crippen LogP contribution in [0.5, 0.6) is 0 Å². The molecule has 0 aromatic carbocycles. The van der Waals surface area contributed by atoms with Crippen LogP contribution < -0.4 is 0 Å². The summed E-state index contributed by atoms with van der Waals surface area (Å²) in [6.07, 6.45) is 17.3. The van der Waals surface area contributed by atoms with E-state index < -0.39 is 5.60 Å². The molecule has 0 spiro atoms. The van der Waals surface area contributed by atoms with Crippen molar-refractivity contribution in [2.45, 2.75) is 123 Å². The molecule has 0 radical (unpaired) electrons. The van der Waals surface area contributed by atoms with E-state index in [1.165, 1.54) is 70.6 Å². The number of carbonyl (C=O) groups excluding carboxylic acids is 2. The number of hydrogen-bond acceptors (Lipinski definition) is 8. The lowest BCUT2D eigenvalue weighted by atomic mass is 10.0. The summed E-state index contributed by atoms with van der Waals surface area (Å²) in [5.74, 6) is -0.523. The molecule has 0 rings (SSSR count). The van der Waals surface area contributed by atoms with Gasteiger partial charge in [-0.15, -0.1) is 0 Å². The highest BCUT2D eigenvalue weighted by atomic mass is 16.6. The number of ether oxygens (including phenoxy) is 6. The van der Waals surface area contributed by atoms with Crippen LogP contribution >= 0.6 is 0 Å². The van der Waals surface area contributed by atoms with E-state index in [-0.39, 0.29) is 25.2 Å². The van der Waals surface area contributed by atoms with Crippen LogP contribution in [-0.4, -0.2) is 77.0 Å². The highest BCUT2D eigenvalue weighted by Gasteiger charge is 2.15. The highest BCUT2D eigenvalue weighted by Crippen LogP contribution is 2.13. The van der Waals surface area contributed by atoms with Gasteiger partial charge in [-0.1, -0.05) is 84.0 Å². The van der Waals surface area contributed by atoms with Crippen molar-refractivity contribution in [1.29, 1.82) is 0 Å². The molecule has 0 bridgehead atoms. The predicted octanol–water partition coefficient (Wildman–Crippen LogP) is 6.42. The molecule has 0 aliphatic heterocycles. The van der Waals surface area contributed by atoms with Crippen molar-refractivity contribution in [3.63, 3.8) is 0 Å². The largest absolute Gasteiger partial charge is 0.463 e. The maximum atomic E-state index is 11.8. The molecule has 8 nitrogen and oxygen atoms in total. The number of rotatable bonds is 28. The van der Waals surface area contributed by atoms with Gasteiger partial charge in [0.15, 0.2) is 0 Å². The van der Waals surface area contributed by atoms with Crippen LogP contribution in [0.3, 0.4) is 0 Å². The van der Waals surface area contributed by atoms with Crippen molar-refractivity contribution in [2.24, 2.45) is 0 Å². The van der Waals surface area contributed by atoms with Gasteiger partial charge < -0.3 is 28.4 Å². The first-order valence-electron chi connectivity index (χ1n) is 15.0. The second-order valence-corrected chi connectivity index (χ2v) is 10.7. The summed E-state index contributed by atoms with van der Waals surface area (Å²) in [5, 5.41) is 0. The van der Waals surface area contributed by atoms with Crippen molar-refractivity contribution in [2.75, 3.05) is 59.5 Å². The Hall–Kier alpha value is -1.22. The SMILES string of the molecule is CCCCCCCCCCCCCCCC(=O)OCCOCCOCCOCCOCC(=O)OC(C)(C)C. The minimum absolute atomic E-state index is 0.0801. The first kappa shape index (κ1) is 36.8. The lowest BCUT2D eigenvalue weighted by Crippen LogP contribution is -2.27. The molecular formula is C30H58O8. The summed E-state index contributed by atoms with van der Waals surface area (Å²) in [7, 11) is 0. The Morgan fingerprint density at radius 3 is 1.34 bits per heavy atom. The smallest absolute Gasteiger partial charge is 0.332 e. The molecule has 0 aromatic rings. The molecule has 38 heavy (non-hydrogen) atoms. The van der Waals surface area contributed by atoms with E-state index in [1.807, 2.05) is 20.8 Å². The van der Waals surface area contributed by atoms with E-state index in [1.54, 1.807) is 0 Å². The quantitative estimate of drug-likeness (QED) is 0.0820. The Balaban J connectivity index is 3.22. The van der Waals surface area contributed by atoms with Crippen LogP contribution in [0, 0.1) is 0 Å². The molecule has 0 heterocycles. The zero-order valence-electron chi connectivity index (χ0n) is 25.0. The minimum Gasteiger partial charge on any atom is -0.463 e. The topological polar surface area (TPSA) is 89.5 Å². The third-order valence-corrected chi connectivity index (χ3v) is 5.73. The monoisotopic (exact) mass is 546 g/mol. The van der Waals surface area contributed by atoms with Crippen LogP contribution in [0.2, 0.25) is 0 Å². The molecule has 0 aliphatic rings. The third kappa shape index (κ3) is 31.0. The maximum absolute atomic E-state index is 11.8. The summed E-state index contributed by atoms with van der Waals surface area (Å²) < 4.78 is 31.8. The van der Waals surface area contributed by atoms with Gasteiger partial charge in [-0.05, 0) is 27.2 Å². The molecule has 8 heteroatoms. The van der Waals surface area contributed by atoms with Gasteiger partial charge in [0.1, 0.15) is 18.8 Å².